The number of carbonyl (C=O) groups excluding carboxylic acids is 2. The summed E-state index contributed by atoms with van der Waals surface area (Å²) in [7, 11) is 0. The molecule has 0 aromatic heterocycles. The fourth-order valence-electron chi connectivity index (χ4n) is 1.69. The molecule has 3 N–H and O–H groups in total. The van der Waals surface area contributed by atoms with Gasteiger partial charge in [-0.25, -0.2) is 5.43 Å². The minimum absolute atomic E-state index is 0.0472. The number of hydrogen-bond acceptors (Lipinski definition) is 4. The molecule has 0 saturated carbocycles. The van der Waals surface area contributed by atoms with Gasteiger partial charge in [0, 0.05) is 16.3 Å². The highest BCUT2D eigenvalue weighted by atomic mass is 35.5. The van der Waals surface area contributed by atoms with Crippen molar-refractivity contribution in [3.05, 3.63) is 59.1 Å². The number of benzene rings is 2. The van der Waals surface area contributed by atoms with Gasteiger partial charge in [0.1, 0.15) is 12.2 Å². The molecular weight excluding hydrogens is 318 g/mol. The normalized spacial score (nSPS) is 10.5. The maximum Gasteiger partial charge on any atom is 0.249 e. The lowest BCUT2D eigenvalue weighted by molar-refractivity contribution is -0.126. The maximum atomic E-state index is 11.7. The molecule has 0 aliphatic rings. The van der Waals surface area contributed by atoms with Crippen LogP contribution in [0.1, 0.15) is 12.0 Å². The Morgan fingerprint density at radius 3 is 2.48 bits per heavy atom. The second-order valence-corrected chi connectivity index (χ2v) is 5.02. The van der Waals surface area contributed by atoms with Crippen LogP contribution in [0.2, 0.25) is 5.02 Å². The third-order valence-corrected chi connectivity index (χ3v) is 3.03. The van der Waals surface area contributed by atoms with Gasteiger partial charge in [-0.2, -0.15) is 5.10 Å². The molecule has 2 aromatic rings. The summed E-state index contributed by atoms with van der Waals surface area (Å²) in [6, 6.07) is 13.1. The summed E-state index contributed by atoms with van der Waals surface area (Å²) in [6.07, 6.45) is 0.922. The van der Waals surface area contributed by atoms with Crippen LogP contribution in [-0.2, 0) is 9.59 Å². The molecule has 7 heteroatoms. The highest BCUT2D eigenvalue weighted by Gasteiger charge is 2.09. The number of anilines is 1. The van der Waals surface area contributed by atoms with Crippen molar-refractivity contribution < 1.29 is 14.7 Å². The van der Waals surface area contributed by atoms with Gasteiger partial charge < -0.3 is 10.4 Å². The second kappa shape index (κ2) is 7.95. The Kier molecular flexibility index (Phi) is 5.71. The van der Waals surface area contributed by atoms with Crippen molar-refractivity contribution in [2.75, 3.05) is 5.32 Å². The summed E-state index contributed by atoms with van der Waals surface area (Å²) in [5, 5.41) is 16.3. The van der Waals surface area contributed by atoms with Gasteiger partial charge in [-0.3, -0.25) is 9.59 Å². The minimum atomic E-state index is -0.567. The average molecular weight is 332 g/mol. The van der Waals surface area contributed by atoms with E-state index in [4.69, 9.17) is 11.6 Å². The largest absolute Gasteiger partial charge is 0.507 e. The van der Waals surface area contributed by atoms with Crippen LogP contribution < -0.4 is 10.7 Å². The molecule has 0 radical (unpaired) electrons. The van der Waals surface area contributed by atoms with Gasteiger partial charge in [0.05, 0.1) is 6.21 Å². The van der Waals surface area contributed by atoms with Crippen LogP contribution in [0.4, 0.5) is 5.69 Å². The number of phenolic OH excluding ortho intramolecular Hbond substituents is 1. The van der Waals surface area contributed by atoms with E-state index in [9.17, 15) is 14.7 Å². The summed E-state index contributed by atoms with van der Waals surface area (Å²) >= 11 is 5.74. The number of hydrogen-bond donors (Lipinski definition) is 3. The van der Waals surface area contributed by atoms with E-state index in [0.717, 1.165) is 0 Å². The van der Waals surface area contributed by atoms with Crippen molar-refractivity contribution in [2.45, 2.75) is 6.42 Å². The fraction of sp³-hybridized carbons (Fsp3) is 0.0625. The summed E-state index contributed by atoms with van der Waals surface area (Å²) in [4.78, 5) is 23.3. The lowest BCUT2D eigenvalue weighted by atomic mass is 10.2. The second-order valence-electron chi connectivity index (χ2n) is 4.58. The number of aromatic hydroxyl groups is 1. The van der Waals surface area contributed by atoms with Crippen LogP contribution in [-0.4, -0.2) is 23.1 Å². The molecular formula is C16H14ClN3O3. The van der Waals surface area contributed by atoms with Crippen LogP contribution in [0.3, 0.4) is 0 Å². The number of rotatable bonds is 5. The Morgan fingerprint density at radius 2 is 1.78 bits per heavy atom. The van der Waals surface area contributed by atoms with Crippen molar-refractivity contribution in [3.63, 3.8) is 0 Å². The first-order valence-electron chi connectivity index (χ1n) is 6.70. The van der Waals surface area contributed by atoms with Gasteiger partial charge >= 0.3 is 0 Å². The third kappa shape index (κ3) is 5.44. The molecule has 2 amide bonds. The molecule has 23 heavy (non-hydrogen) atoms. The molecule has 2 aromatic carbocycles. The van der Waals surface area contributed by atoms with E-state index in [-0.39, 0.29) is 12.2 Å². The Morgan fingerprint density at radius 1 is 1.09 bits per heavy atom. The molecule has 118 valence electrons. The zero-order chi connectivity index (χ0) is 16.7. The van der Waals surface area contributed by atoms with Crippen molar-refractivity contribution in [2.24, 2.45) is 5.10 Å². The van der Waals surface area contributed by atoms with E-state index >= 15 is 0 Å². The number of nitrogens with one attached hydrogen (secondary N) is 2. The summed E-state index contributed by atoms with van der Waals surface area (Å²) in [5.74, 6) is -0.989. The summed E-state index contributed by atoms with van der Waals surface area (Å²) < 4.78 is 0. The first-order chi connectivity index (χ1) is 11.0. The van der Waals surface area contributed by atoms with Crippen molar-refractivity contribution in [1.29, 1.82) is 0 Å². The van der Waals surface area contributed by atoms with Crippen LogP contribution >= 0.6 is 11.6 Å². The SMILES string of the molecule is O=C(CC(=O)Nc1ccc(Cl)cc1)NN=Cc1ccccc1O. The van der Waals surface area contributed by atoms with Crippen LogP contribution in [0.15, 0.2) is 53.6 Å². The fourth-order valence-corrected chi connectivity index (χ4v) is 1.82. The lowest BCUT2D eigenvalue weighted by Gasteiger charge is -2.04. The third-order valence-electron chi connectivity index (χ3n) is 2.78. The molecule has 2 rings (SSSR count). The van der Waals surface area contributed by atoms with Crippen molar-refractivity contribution in [1.82, 2.24) is 5.43 Å². The van der Waals surface area contributed by atoms with E-state index in [0.29, 0.717) is 16.3 Å². The monoisotopic (exact) mass is 331 g/mol. The number of hydrazone groups is 1. The zero-order valence-electron chi connectivity index (χ0n) is 12.0. The minimum Gasteiger partial charge on any atom is -0.507 e. The van der Waals surface area contributed by atoms with Gasteiger partial charge in [0.2, 0.25) is 11.8 Å². The topological polar surface area (TPSA) is 90.8 Å². The Hall–Kier alpha value is -2.86. The molecule has 0 atom stereocenters. The molecule has 0 unspecified atom stereocenters. The number of phenols is 1. The number of halogens is 1. The zero-order valence-corrected chi connectivity index (χ0v) is 12.7. The molecule has 0 aliphatic carbocycles. The van der Waals surface area contributed by atoms with Gasteiger partial charge in [-0.05, 0) is 36.4 Å². The Bertz CT molecular complexity index is 730. The first kappa shape index (κ1) is 16.5. The van der Waals surface area contributed by atoms with E-state index in [1.807, 2.05) is 0 Å². The van der Waals surface area contributed by atoms with E-state index in [1.165, 1.54) is 12.3 Å². The van der Waals surface area contributed by atoms with E-state index < -0.39 is 11.8 Å². The molecule has 6 nitrogen and oxygen atoms in total. The summed E-state index contributed by atoms with van der Waals surface area (Å²) in [6.45, 7) is 0. The van der Waals surface area contributed by atoms with Gasteiger partial charge in [0.25, 0.3) is 0 Å². The molecule has 0 saturated heterocycles. The molecule has 0 bridgehead atoms. The molecule has 0 spiro atoms. The first-order valence-corrected chi connectivity index (χ1v) is 7.08. The quantitative estimate of drug-likeness (QED) is 0.446. The molecule has 0 heterocycles. The highest BCUT2D eigenvalue weighted by Crippen LogP contribution is 2.14. The van der Waals surface area contributed by atoms with E-state index in [1.54, 1.807) is 42.5 Å². The van der Waals surface area contributed by atoms with E-state index in [2.05, 4.69) is 15.8 Å². The number of nitrogens with zero attached hydrogens (tertiary/aromatic N) is 1. The van der Waals surface area contributed by atoms with Gasteiger partial charge in [-0.1, -0.05) is 23.7 Å². The maximum absolute atomic E-state index is 11.7. The predicted molar refractivity (Wildman–Crippen MR) is 88.5 cm³/mol. The molecule has 0 aliphatic heterocycles. The summed E-state index contributed by atoms with van der Waals surface area (Å²) in [5.41, 5.74) is 3.22. The van der Waals surface area contributed by atoms with Crippen molar-refractivity contribution in [3.8, 4) is 5.75 Å². The van der Waals surface area contributed by atoms with Crippen LogP contribution in [0.5, 0.6) is 5.75 Å². The molecule has 0 fully saturated rings. The smallest absolute Gasteiger partial charge is 0.249 e. The lowest BCUT2D eigenvalue weighted by Crippen LogP contribution is -2.24. The predicted octanol–water partition coefficient (Wildman–Crippen LogP) is 2.52. The highest BCUT2D eigenvalue weighted by molar-refractivity contribution is 6.30. The van der Waals surface area contributed by atoms with Crippen LogP contribution in [0.25, 0.3) is 0 Å². The Labute approximate surface area is 137 Å². The van der Waals surface area contributed by atoms with Gasteiger partial charge in [-0.15, -0.1) is 0 Å². The standard InChI is InChI=1S/C16H14ClN3O3/c17-12-5-7-13(8-6-12)19-15(22)9-16(23)20-18-10-11-3-1-2-4-14(11)21/h1-8,10,21H,9H2,(H,19,22)(H,20,23). The number of amides is 2. The van der Waals surface area contributed by atoms with Gasteiger partial charge in [0.15, 0.2) is 0 Å². The number of para-hydroxylation sites is 1. The Balaban J connectivity index is 1.81. The van der Waals surface area contributed by atoms with Crippen molar-refractivity contribution >= 4 is 35.3 Å². The average Bonchev–Trinajstić information content (AvgIpc) is 2.51. The van der Waals surface area contributed by atoms with Crippen LogP contribution in [0, 0.1) is 0 Å². The number of carbonyl (C=O) groups is 2.